The summed E-state index contributed by atoms with van der Waals surface area (Å²) in [7, 11) is 0. The van der Waals surface area contributed by atoms with Gasteiger partial charge in [0, 0.05) is 0 Å². The Morgan fingerprint density at radius 3 is 2.20 bits per heavy atom. The van der Waals surface area contributed by atoms with Gasteiger partial charge >= 0.3 is 74.2 Å². The Hall–Kier alpha value is -0.445. The van der Waals surface area contributed by atoms with Gasteiger partial charge in [-0.1, -0.05) is 0 Å². The SMILES string of the molecule is O=[N+]([O-])c1cc[c]([Hg+])cc1. The molecule has 0 aliphatic carbocycles. The summed E-state index contributed by atoms with van der Waals surface area (Å²) >= 11 is 0.566. The number of hydrogen-bond acceptors (Lipinski definition) is 2. The van der Waals surface area contributed by atoms with E-state index in [2.05, 4.69) is 0 Å². The number of benzene rings is 1. The molecule has 10 heavy (non-hydrogen) atoms. The molecule has 0 saturated carbocycles. The van der Waals surface area contributed by atoms with E-state index in [1.807, 2.05) is 0 Å². The topological polar surface area (TPSA) is 43.1 Å². The molecule has 46 valence electrons. The molecule has 0 bridgehead atoms. The van der Waals surface area contributed by atoms with E-state index in [0.29, 0.717) is 26.1 Å². The molecule has 0 spiro atoms. The zero-order chi connectivity index (χ0) is 7.56. The van der Waals surface area contributed by atoms with Gasteiger partial charge in [-0.2, -0.15) is 0 Å². The van der Waals surface area contributed by atoms with Crippen LogP contribution in [0.1, 0.15) is 0 Å². The second-order valence-electron chi connectivity index (χ2n) is 1.92. The molecule has 0 aliphatic rings. The predicted octanol–water partition coefficient (Wildman–Crippen LogP) is 0.767. The van der Waals surface area contributed by atoms with E-state index in [4.69, 9.17) is 0 Å². The normalized spacial score (nSPS) is 9.40. The molecule has 0 fully saturated rings. The molecule has 0 amide bonds. The van der Waals surface area contributed by atoms with Crippen LogP contribution in [0.2, 0.25) is 0 Å². The van der Waals surface area contributed by atoms with Crippen LogP contribution >= 0.6 is 0 Å². The van der Waals surface area contributed by atoms with Gasteiger partial charge in [-0.25, -0.2) is 0 Å². The second-order valence-corrected chi connectivity index (χ2v) is 5.10. The van der Waals surface area contributed by atoms with Crippen LogP contribution in [0.3, 0.4) is 0 Å². The van der Waals surface area contributed by atoms with Crippen LogP contribution in [0.4, 0.5) is 5.69 Å². The second kappa shape index (κ2) is 3.10. The van der Waals surface area contributed by atoms with Crippen molar-refractivity contribution < 1.29 is 31.0 Å². The number of nitrogens with zero attached hydrogens (tertiary/aromatic N) is 1. The molecule has 0 unspecified atom stereocenters. The zero-order valence-electron chi connectivity index (χ0n) is 5.28. The quantitative estimate of drug-likeness (QED) is 0.435. The number of hydrogen-bond donors (Lipinski definition) is 0. The van der Waals surface area contributed by atoms with Crippen LogP contribution in [-0.2, 0) is 26.1 Å². The van der Waals surface area contributed by atoms with Crippen molar-refractivity contribution in [2.24, 2.45) is 0 Å². The summed E-state index contributed by atoms with van der Waals surface area (Å²) < 4.78 is 1.23. The fourth-order valence-corrected chi connectivity index (χ4v) is 1.53. The molecular formula is C6H4HgNO2+. The van der Waals surface area contributed by atoms with Gasteiger partial charge in [-0.05, 0) is 0 Å². The summed E-state index contributed by atoms with van der Waals surface area (Å²) in [5, 5.41) is 10.1. The van der Waals surface area contributed by atoms with Crippen molar-refractivity contribution in [1.82, 2.24) is 0 Å². The Morgan fingerprint density at radius 1 is 1.30 bits per heavy atom. The predicted molar refractivity (Wildman–Crippen MR) is 32.7 cm³/mol. The monoisotopic (exact) mass is 324 g/mol. The van der Waals surface area contributed by atoms with Crippen LogP contribution < -0.4 is 3.07 Å². The third kappa shape index (κ3) is 1.77. The van der Waals surface area contributed by atoms with Crippen LogP contribution in [0.25, 0.3) is 0 Å². The van der Waals surface area contributed by atoms with E-state index in [0.717, 1.165) is 0 Å². The Morgan fingerprint density at radius 2 is 1.80 bits per heavy atom. The van der Waals surface area contributed by atoms with Crippen molar-refractivity contribution >= 4 is 8.76 Å². The number of rotatable bonds is 1. The number of nitro groups is 1. The van der Waals surface area contributed by atoms with E-state index >= 15 is 0 Å². The van der Waals surface area contributed by atoms with Gasteiger partial charge in [-0.3, -0.25) is 0 Å². The third-order valence-corrected chi connectivity index (χ3v) is 2.98. The van der Waals surface area contributed by atoms with Gasteiger partial charge < -0.3 is 0 Å². The molecule has 1 aromatic rings. The molecule has 1 aromatic carbocycles. The molecule has 0 aromatic heterocycles. The first-order valence-corrected chi connectivity index (χ1v) is 5.51. The molecule has 0 saturated heterocycles. The van der Waals surface area contributed by atoms with E-state index in [1.54, 1.807) is 24.3 Å². The number of non-ortho nitro benzene ring substituents is 1. The average molecular weight is 323 g/mol. The molecule has 0 radical (unpaired) electrons. The Balaban J connectivity index is 3.00. The fourth-order valence-electron chi connectivity index (χ4n) is 0.618. The standard InChI is InChI=1S/C6H4NO2.Hg/c8-7(9)6-4-2-1-3-5-6;/h2-5H;/q;+1. The van der Waals surface area contributed by atoms with Gasteiger partial charge in [0.05, 0.1) is 0 Å². The maximum atomic E-state index is 10.1. The number of nitro benzene ring substituents is 1. The van der Waals surface area contributed by atoms with E-state index in [1.165, 1.54) is 3.07 Å². The summed E-state index contributed by atoms with van der Waals surface area (Å²) in [5.41, 5.74) is 0.175. The van der Waals surface area contributed by atoms with Crippen LogP contribution in [-0.4, -0.2) is 4.92 Å². The summed E-state index contributed by atoms with van der Waals surface area (Å²) in [6.07, 6.45) is 0. The minimum absolute atomic E-state index is 0.175. The zero-order valence-corrected chi connectivity index (χ0v) is 10.8. The summed E-state index contributed by atoms with van der Waals surface area (Å²) in [6.45, 7) is 0. The van der Waals surface area contributed by atoms with Crippen molar-refractivity contribution in [3.63, 3.8) is 0 Å². The van der Waals surface area contributed by atoms with Gasteiger partial charge in [0.2, 0.25) is 0 Å². The summed E-state index contributed by atoms with van der Waals surface area (Å²) in [6, 6.07) is 6.70. The Labute approximate surface area is 74.2 Å². The van der Waals surface area contributed by atoms with Gasteiger partial charge in [0.25, 0.3) is 0 Å². The van der Waals surface area contributed by atoms with Crippen molar-refractivity contribution in [3.8, 4) is 0 Å². The van der Waals surface area contributed by atoms with Crippen LogP contribution in [0.5, 0.6) is 0 Å². The van der Waals surface area contributed by atoms with Gasteiger partial charge in [0.1, 0.15) is 0 Å². The average Bonchev–Trinajstić information content (AvgIpc) is 1.88. The molecule has 0 atom stereocenters. The van der Waals surface area contributed by atoms with Gasteiger partial charge in [0.15, 0.2) is 0 Å². The van der Waals surface area contributed by atoms with Crippen molar-refractivity contribution in [2.75, 3.05) is 0 Å². The Kier molecular flexibility index (Phi) is 2.37. The minimum atomic E-state index is -0.382. The fraction of sp³-hybridized carbons (Fsp3) is 0. The first-order chi connectivity index (χ1) is 4.70. The Bertz CT molecular complexity index is 244. The van der Waals surface area contributed by atoms with Crippen molar-refractivity contribution in [3.05, 3.63) is 34.4 Å². The molecule has 4 heteroatoms. The summed E-state index contributed by atoms with van der Waals surface area (Å²) in [5.74, 6) is 0. The molecule has 0 heterocycles. The maximum absolute atomic E-state index is 10.1. The van der Waals surface area contributed by atoms with E-state index in [9.17, 15) is 10.1 Å². The summed E-state index contributed by atoms with van der Waals surface area (Å²) in [4.78, 5) is 9.75. The van der Waals surface area contributed by atoms with Crippen LogP contribution in [0, 0.1) is 10.1 Å². The van der Waals surface area contributed by atoms with Crippen molar-refractivity contribution in [1.29, 1.82) is 0 Å². The molecule has 3 nitrogen and oxygen atoms in total. The molecule has 1 rings (SSSR count). The third-order valence-electron chi connectivity index (χ3n) is 1.15. The molecule has 0 aliphatic heterocycles. The van der Waals surface area contributed by atoms with Gasteiger partial charge in [-0.15, -0.1) is 0 Å². The molecule has 0 N–H and O–H groups in total. The first kappa shape index (κ1) is 7.66. The van der Waals surface area contributed by atoms with E-state index in [-0.39, 0.29) is 10.6 Å². The van der Waals surface area contributed by atoms with Crippen LogP contribution in [0.15, 0.2) is 24.3 Å². The molecular weight excluding hydrogens is 319 g/mol. The van der Waals surface area contributed by atoms with Crippen molar-refractivity contribution in [2.45, 2.75) is 0 Å². The first-order valence-electron chi connectivity index (χ1n) is 2.76. The van der Waals surface area contributed by atoms with E-state index < -0.39 is 0 Å².